The van der Waals surface area contributed by atoms with Gasteiger partial charge in [0.25, 0.3) is 0 Å². The fraction of sp³-hybridized carbons (Fsp3) is 0.500. The quantitative estimate of drug-likeness (QED) is 0.311. The summed E-state index contributed by atoms with van der Waals surface area (Å²) in [4.78, 5) is 23.0. The van der Waals surface area contributed by atoms with E-state index in [1.807, 2.05) is 26.8 Å². The fourth-order valence-electron chi connectivity index (χ4n) is 3.46. The zero-order chi connectivity index (χ0) is 20.7. The minimum Gasteiger partial charge on any atom is -0.481 e. The van der Waals surface area contributed by atoms with Crippen molar-refractivity contribution in [1.29, 1.82) is 0 Å². The van der Waals surface area contributed by atoms with Gasteiger partial charge in [-0.15, -0.1) is 0 Å². The first-order valence-electron chi connectivity index (χ1n) is 10.3. The van der Waals surface area contributed by atoms with Crippen molar-refractivity contribution in [2.24, 2.45) is 5.92 Å². The molecular formula is C24H32O4. The Kier molecular flexibility index (Phi) is 8.04. The number of carbonyl (C=O) groups excluding carboxylic acids is 1. The number of aryl methyl sites for hydroxylation is 3. The first kappa shape index (κ1) is 21.9. The third kappa shape index (κ3) is 5.82. The van der Waals surface area contributed by atoms with Crippen molar-refractivity contribution in [1.82, 2.24) is 0 Å². The largest absolute Gasteiger partial charge is 0.481 e. The minimum absolute atomic E-state index is 0.127. The average Bonchev–Trinajstić information content (AvgIpc) is 2.64. The first-order valence-corrected chi connectivity index (χ1v) is 10.3. The second kappa shape index (κ2) is 10.3. The molecule has 1 N–H and O–H groups in total. The molecule has 0 heterocycles. The van der Waals surface area contributed by atoms with E-state index in [1.165, 1.54) is 11.1 Å². The maximum Gasteiger partial charge on any atom is 0.314 e. The summed E-state index contributed by atoms with van der Waals surface area (Å²) < 4.78 is 5.82. The van der Waals surface area contributed by atoms with Crippen LogP contribution in [-0.4, -0.2) is 17.0 Å². The number of ether oxygens (including phenoxy) is 1. The van der Waals surface area contributed by atoms with Gasteiger partial charge in [0.15, 0.2) is 0 Å². The maximum absolute atomic E-state index is 12.4. The van der Waals surface area contributed by atoms with E-state index in [-0.39, 0.29) is 18.3 Å². The van der Waals surface area contributed by atoms with Gasteiger partial charge in [-0.1, -0.05) is 44.9 Å². The summed E-state index contributed by atoms with van der Waals surface area (Å²) in [5.41, 5.74) is 3.49. The Morgan fingerprint density at radius 2 is 1.79 bits per heavy atom. The predicted octanol–water partition coefficient (Wildman–Crippen LogP) is 5.99. The number of carboxylic acids is 1. The normalized spacial score (nSPS) is 12.1. The van der Waals surface area contributed by atoms with Crippen LogP contribution in [0.4, 0.5) is 0 Å². The zero-order valence-corrected chi connectivity index (χ0v) is 17.5. The molecule has 0 fully saturated rings. The molecule has 28 heavy (non-hydrogen) atoms. The van der Waals surface area contributed by atoms with Gasteiger partial charge < -0.3 is 9.84 Å². The molecule has 4 nitrogen and oxygen atoms in total. The lowest BCUT2D eigenvalue weighted by Gasteiger charge is -2.17. The Hall–Kier alpha value is -2.36. The van der Waals surface area contributed by atoms with E-state index in [1.54, 1.807) is 0 Å². The van der Waals surface area contributed by atoms with Gasteiger partial charge in [0.1, 0.15) is 5.75 Å². The summed E-state index contributed by atoms with van der Waals surface area (Å²) in [5, 5.41) is 10.9. The maximum atomic E-state index is 12.4. The number of carbonyl (C=O) groups is 2. The molecule has 0 bridgehead atoms. The molecule has 0 radical (unpaired) electrons. The molecule has 0 spiro atoms. The summed E-state index contributed by atoms with van der Waals surface area (Å²) in [6, 6.07) is 8.31. The molecule has 4 heteroatoms. The molecule has 1 atom stereocenters. The fourth-order valence-corrected chi connectivity index (χ4v) is 3.46. The van der Waals surface area contributed by atoms with Crippen LogP contribution in [0.1, 0.15) is 69.1 Å². The standard InChI is InChI=1S/C24H32O4/c1-5-17(3)24(27)28-21-15-16(2)14-19-13-12-18(4)20(23(19)21)10-8-6-7-9-11-22(25)26/h12-15,17H,5-11H2,1-4H3,(H,25,26). The molecule has 0 amide bonds. The number of rotatable bonds is 10. The monoisotopic (exact) mass is 384 g/mol. The molecule has 0 aliphatic carbocycles. The Morgan fingerprint density at radius 1 is 1.07 bits per heavy atom. The first-order chi connectivity index (χ1) is 13.3. The van der Waals surface area contributed by atoms with E-state index < -0.39 is 5.97 Å². The molecule has 0 aliphatic rings. The van der Waals surface area contributed by atoms with Crippen LogP contribution < -0.4 is 4.74 Å². The summed E-state index contributed by atoms with van der Waals surface area (Å²) >= 11 is 0. The van der Waals surface area contributed by atoms with Gasteiger partial charge in [0.2, 0.25) is 0 Å². The van der Waals surface area contributed by atoms with Crippen molar-refractivity contribution >= 4 is 22.7 Å². The van der Waals surface area contributed by atoms with Crippen molar-refractivity contribution in [3.8, 4) is 5.75 Å². The van der Waals surface area contributed by atoms with Crippen molar-refractivity contribution in [3.63, 3.8) is 0 Å². The van der Waals surface area contributed by atoms with Crippen LogP contribution in [0.2, 0.25) is 0 Å². The van der Waals surface area contributed by atoms with Gasteiger partial charge in [0.05, 0.1) is 5.92 Å². The van der Waals surface area contributed by atoms with Crippen molar-refractivity contribution in [3.05, 3.63) is 41.0 Å². The smallest absolute Gasteiger partial charge is 0.314 e. The molecule has 0 saturated heterocycles. The van der Waals surface area contributed by atoms with Crippen molar-refractivity contribution < 1.29 is 19.4 Å². The van der Waals surface area contributed by atoms with Gasteiger partial charge in [-0.25, -0.2) is 0 Å². The lowest BCUT2D eigenvalue weighted by Crippen LogP contribution is -2.17. The molecular weight excluding hydrogens is 352 g/mol. The summed E-state index contributed by atoms with van der Waals surface area (Å²) in [5.74, 6) is -0.383. The topological polar surface area (TPSA) is 63.6 Å². The van der Waals surface area contributed by atoms with Gasteiger partial charge in [0, 0.05) is 11.8 Å². The van der Waals surface area contributed by atoms with E-state index in [4.69, 9.17) is 9.84 Å². The molecule has 2 rings (SSSR count). The Labute approximate surface area is 167 Å². The van der Waals surface area contributed by atoms with Crippen LogP contribution in [-0.2, 0) is 16.0 Å². The Balaban J connectivity index is 2.25. The van der Waals surface area contributed by atoms with E-state index >= 15 is 0 Å². The SMILES string of the molecule is CCC(C)C(=O)Oc1cc(C)cc2ccc(C)c(CCCCCCC(=O)O)c12. The number of esters is 1. The van der Waals surface area contributed by atoms with Crippen LogP contribution in [0.5, 0.6) is 5.75 Å². The summed E-state index contributed by atoms with van der Waals surface area (Å²) in [7, 11) is 0. The molecule has 0 saturated carbocycles. The van der Waals surface area contributed by atoms with Gasteiger partial charge in [-0.05, 0) is 67.7 Å². The number of carboxylic acid groups (broad SMARTS) is 1. The van der Waals surface area contributed by atoms with Gasteiger partial charge in [-0.3, -0.25) is 9.59 Å². The second-order valence-electron chi connectivity index (χ2n) is 7.76. The van der Waals surface area contributed by atoms with E-state index in [2.05, 4.69) is 25.1 Å². The van der Waals surface area contributed by atoms with E-state index in [0.717, 1.165) is 54.9 Å². The highest BCUT2D eigenvalue weighted by molar-refractivity contribution is 5.94. The number of unbranched alkanes of at least 4 members (excludes halogenated alkanes) is 3. The third-order valence-corrected chi connectivity index (χ3v) is 5.36. The zero-order valence-electron chi connectivity index (χ0n) is 17.5. The number of fused-ring (bicyclic) bond motifs is 1. The number of benzene rings is 2. The lowest BCUT2D eigenvalue weighted by molar-refractivity contribution is -0.138. The van der Waals surface area contributed by atoms with Crippen LogP contribution in [0.25, 0.3) is 10.8 Å². The molecule has 0 aliphatic heterocycles. The Bertz CT molecular complexity index is 838. The second-order valence-corrected chi connectivity index (χ2v) is 7.76. The van der Waals surface area contributed by atoms with Crippen LogP contribution in [0.3, 0.4) is 0 Å². The molecule has 2 aromatic rings. The van der Waals surface area contributed by atoms with E-state index in [9.17, 15) is 9.59 Å². The van der Waals surface area contributed by atoms with Crippen LogP contribution in [0.15, 0.2) is 24.3 Å². The highest BCUT2D eigenvalue weighted by Gasteiger charge is 2.17. The highest BCUT2D eigenvalue weighted by atomic mass is 16.5. The minimum atomic E-state index is -0.729. The number of hydrogen-bond donors (Lipinski definition) is 1. The number of aliphatic carboxylic acids is 1. The van der Waals surface area contributed by atoms with Crippen LogP contribution >= 0.6 is 0 Å². The molecule has 1 unspecified atom stereocenters. The Morgan fingerprint density at radius 3 is 2.46 bits per heavy atom. The lowest BCUT2D eigenvalue weighted by atomic mass is 9.93. The third-order valence-electron chi connectivity index (χ3n) is 5.36. The van der Waals surface area contributed by atoms with Crippen molar-refractivity contribution in [2.75, 3.05) is 0 Å². The van der Waals surface area contributed by atoms with Gasteiger partial charge >= 0.3 is 11.9 Å². The predicted molar refractivity (Wildman–Crippen MR) is 113 cm³/mol. The van der Waals surface area contributed by atoms with Gasteiger partial charge in [-0.2, -0.15) is 0 Å². The summed E-state index contributed by atoms with van der Waals surface area (Å²) in [6.07, 6.45) is 5.52. The van der Waals surface area contributed by atoms with E-state index in [0.29, 0.717) is 5.75 Å². The highest BCUT2D eigenvalue weighted by Crippen LogP contribution is 2.34. The molecule has 0 aromatic heterocycles. The van der Waals surface area contributed by atoms with Crippen molar-refractivity contribution in [2.45, 2.75) is 72.6 Å². The number of hydrogen-bond acceptors (Lipinski definition) is 3. The summed E-state index contributed by atoms with van der Waals surface area (Å²) in [6.45, 7) is 7.99. The van der Waals surface area contributed by atoms with Crippen LogP contribution in [0, 0.1) is 19.8 Å². The molecule has 2 aromatic carbocycles. The molecule has 152 valence electrons. The average molecular weight is 385 g/mol.